The average molecular weight is 304 g/mol. The Morgan fingerprint density at radius 3 is 2.43 bits per heavy atom. The van der Waals surface area contributed by atoms with Gasteiger partial charge in [0.05, 0.1) is 11.4 Å². The maximum atomic E-state index is 12.2. The van der Waals surface area contributed by atoms with Gasteiger partial charge in [-0.1, -0.05) is 42.5 Å². The summed E-state index contributed by atoms with van der Waals surface area (Å²) < 4.78 is 27.0. The van der Waals surface area contributed by atoms with E-state index in [1.807, 2.05) is 49.4 Å². The number of rotatable bonds is 6. The van der Waals surface area contributed by atoms with Crippen molar-refractivity contribution >= 4 is 15.7 Å². The highest BCUT2D eigenvalue weighted by Crippen LogP contribution is 2.20. The van der Waals surface area contributed by atoms with E-state index in [-0.39, 0.29) is 5.75 Å². The van der Waals surface area contributed by atoms with Gasteiger partial charge in [-0.2, -0.15) is 0 Å². The highest BCUT2D eigenvalue weighted by Gasteiger charge is 2.13. The molecule has 21 heavy (non-hydrogen) atoms. The van der Waals surface area contributed by atoms with Crippen LogP contribution in [0.25, 0.3) is 0 Å². The molecular formula is C16H20N2O2S. The number of hydrogen-bond donors (Lipinski definition) is 2. The third-order valence-corrected chi connectivity index (χ3v) is 4.65. The molecule has 0 aliphatic heterocycles. The summed E-state index contributed by atoms with van der Waals surface area (Å²) in [6, 6.07) is 15.1. The molecule has 0 aliphatic carbocycles. The van der Waals surface area contributed by atoms with Crippen LogP contribution in [0.1, 0.15) is 16.7 Å². The van der Waals surface area contributed by atoms with Gasteiger partial charge in [0.2, 0.25) is 10.0 Å². The lowest BCUT2D eigenvalue weighted by molar-refractivity contribution is 0.600. The Balaban J connectivity index is 2.09. The van der Waals surface area contributed by atoms with Crippen molar-refractivity contribution in [2.75, 3.05) is 10.5 Å². The summed E-state index contributed by atoms with van der Waals surface area (Å²) in [4.78, 5) is 0. The monoisotopic (exact) mass is 304 g/mol. The zero-order valence-electron chi connectivity index (χ0n) is 12.0. The molecule has 112 valence electrons. The molecule has 0 spiro atoms. The molecule has 0 fully saturated rings. The van der Waals surface area contributed by atoms with Gasteiger partial charge in [-0.25, -0.2) is 8.42 Å². The van der Waals surface area contributed by atoms with Crippen LogP contribution >= 0.6 is 0 Å². The number of nitrogens with two attached hydrogens (primary N) is 1. The Bertz CT molecular complexity index is 697. The number of benzene rings is 2. The summed E-state index contributed by atoms with van der Waals surface area (Å²) in [7, 11) is -3.39. The molecule has 2 aromatic carbocycles. The van der Waals surface area contributed by atoms with Crippen LogP contribution in [0, 0.1) is 6.92 Å². The minimum absolute atomic E-state index is 0.0506. The molecule has 5 heteroatoms. The Hall–Kier alpha value is -1.85. The van der Waals surface area contributed by atoms with Gasteiger partial charge >= 0.3 is 0 Å². The van der Waals surface area contributed by atoms with Gasteiger partial charge in [0.1, 0.15) is 0 Å². The van der Waals surface area contributed by atoms with Crippen molar-refractivity contribution in [1.29, 1.82) is 0 Å². The predicted molar refractivity (Wildman–Crippen MR) is 86.6 cm³/mol. The van der Waals surface area contributed by atoms with Gasteiger partial charge in [0, 0.05) is 6.54 Å². The molecule has 0 saturated heterocycles. The van der Waals surface area contributed by atoms with Crippen molar-refractivity contribution < 1.29 is 8.42 Å². The van der Waals surface area contributed by atoms with Gasteiger partial charge < -0.3 is 5.73 Å². The highest BCUT2D eigenvalue weighted by atomic mass is 32.2. The molecule has 0 aliphatic rings. The SMILES string of the molecule is Cc1cccc(NS(=O)(=O)CCc2ccccc2)c1CN. The molecule has 3 N–H and O–H groups in total. The minimum Gasteiger partial charge on any atom is -0.326 e. The fourth-order valence-electron chi connectivity index (χ4n) is 2.18. The van der Waals surface area contributed by atoms with Crippen LogP contribution in [0.4, 0.5) is 5.69 Å². The first-order valence-corrected chi connectivity index (χ1v) is 8.50. The standard InChI is InChI=1S/C16H20N2O2S/c1-13-6-5-9-16(15(13)12-17)18-21(19,20)11-10-14-7-3-2-4-8-14/h2-9,18H,10-12,17H2,1H3. The lowest BCUT2D eigenvalue weighted by Crippen LogP contribution is -2.20. The highest BCUT2D eigenvalue weighted by molar-refractivity contribution is 7.92. The summed E-state index contributed by atoms with van der Waals surface area (Å²) >= 11 is 0. The van der Waals surface area contributed by atoms with E-state index in [2.05, 4.69) is 4.72 Å². The van der Waals surface area contributed by atoms with Gasteiger partial charge in [-0.05, 0) is 36.1 Å². The van der Waals surface area contributed by atoms with Crippen molar-refractivity contribution in [3.63, 3.8) is 0 Å². The van der Waals surface area contributed by atoms with Gasteiger partial charge in [-0.3, -0.25) is 4.72 Å². The van der Waals surface area contributed by atoms with Crippen LogP contribution in [0.5, 0.6) is 0 Å². The average Bonchev–Trinajstić information content (AvgIpc) is 2.46. The molecule has 0 amide bonds. The second kappa shape index (κ2) is 6.74. The van der Waals surface area contributed by atoms with Gasteiger partial charge in [-0.15, -0.1) is 0 Å². The molecule has 0 saturated carbocycles. The quantitative estimate of drug-likeness (QED) is 0.861. The number of anilines is 1. The van der Waals surface area contributed by atoms with E-state index in [1.54, 1.807) is 6.07 Å². The van der Waals surface area contributed by atoms with Crippen molar-refractivity contribution in [3.8, 4) is 0 Å². The first-order chi connectivity index (χ1) is 10.0. The topological polar surface area (TPSA) is 72.2 Å². The number of hydrogen-bond acceptors (Lipinski definition) is 3. The molecule has 0 radical (unpaired) electrons. The summed E-state index contributed by atoms with van der Waals surface area (Å²) in [6.45, 7) is 2.23. The zero-order valence-corrected chi connectivity index (χ0v) is 12.9. The summed E-state index contributed by atoms with van der Waals surface area (Å²) in [5.74, 6) is 0.0506. The van der Waals surface area contributed by atoms with Crippen LogP contribution in [-0.2, 0) is 23.0 Å². The van der Waals surface area contributed by atoms with E-state index in [4.69, 9.17) is 5.73 Å². The molecule has 4 nitrogen and oxygen atoms in total. The maximum Gasteiger partial charge on any atom is 0.233 e. The third-order valence-electron chi connectivity index (χ3n) is 3.38. The Morgan fingerprint density at radius 1 is 1.05 bits per heavy atom. The maximum absolute atomic E-state index is 12.2. The van der Waals surface area contributed by atoms with Crippen LogP contribution in [0.3, 0.4) is 0 Å². The third kappa shape index (κ3) is 4.31. The van der Waals surface area contributed by atoms with Gasteiger partial charge in [0.15, 0.2) is 0 Å². The van der Waals surface area contributed by atoms with E-state index >= 15 is 0 Å². The molecule has 2 rings (SSSR count). The summed E-state index contributed by atoms with van der Waals surface area (Å²) in [5.41, 5.74) is 9.10. The second-order valence-corrected chi connectivity index (χ2v) is 6.80. The van der Waals surface area contributed by atoms with E-state index in [0.29, 0.717) is 18.7 Å². The van der Waals surface area contributed by atoms with E-state index in [9.17, 15) is 8.42 Å². The van der Waals surface area contributed by atoms with Crippen LogP contribution in [0.15, 0.2) is 48.5 Å². The Kier molecular flexibility index (Phi) is 4.98. The van der Waals surface area contributed by atoms with Crippen LogP contribution in [-0.4, -0.2) is 14.2 Å². The van der Waals surface area contributed by atoms with E-state index in [0.717, 1.165) is 16.7 Å². The first kappa shape index (κ1) is 15.5. The minimum atomic E-state index is -3.39. The fourth-order valence-corrected chi connectivity index (χ4v) is 3.32. The van der Waals surface area contributed by atoms with Crippen LogP contribution < -0.4 is 10.5 Å². The molecule has 0 heterocycles. The molecule has 0 atom stereocenters. The van der Waals surface area contributed by atoms with E-state index < -0.39 is 10.0 Å². The van der Waals surface area contributed by atoms with Crippen molar-refractivity contribution in [2.24, 2.45) is 5.73 Å². The fraction of sp³-hybridized carbons (Fsp3) is 0.250. The summed E-state index contributed by atoms with van der Waals surface area (Å²) in [5, 5.41) is 0. The van der Waals surface area contributed by atoms with Crippen molar-refractivity contribution in [2.45, 2.75) is 19.9 Å². The zero-order chi connectivity index (χ0) is 15.3. The van der Waals surface area contributed by atoms with Crippen molar-refractivity contribution in [3.05, 3.63) is 65.2 Å². The molecular weight excluding hydrogens is 284 g/mol. The molecule has 2 aromatic rings. The number of aryl methyl sites for hydroxylation is 2. The lowest BCUT2D eigenvalue weighted by Gasteiger charge is -2.13. The van der Waals surface area contributed by atoms with Crippen LogP contribution in [0.2, 0.25) is 0 Å². The Labute approximate surface area is 126 Å². The van der Waals surface area contributed by atoms with E-state index in [1.165, 1.54) is 0 Å². The van der Waals surface area contributed by atoms with Gasteiger partial charge in [0.25, 0.3) is 0 Å². The number of nitrogens with one attached hydrogen (secondary N) is 1. The Morgan fingerprint density at radius 2 is 1.76 bits per heavy atom. The largest absolute Gasteiger partial charge is 0.326 e. The predicted octanol–water partition coefficient (Wildman–Crippen LogP) is 2.44. The summed E-state index contributed by atoms with van der Waals surface area (Å²) in [6.07, 6.45) is 0.486. The second-order valence-electron chi connectivity index (χ2n) is 4.96. The normalized spacial score (nSPS) is 11.3. The molecule has 0 aromatic heterocycles. The lowest BCUT2D eigenvalue weighted by atomic mass is 10.1. The smallest absolute Gasteiger partial charge is 0.233 e. The molecule has 0 bridgehead atoms. The van der Waals surface area contributed by atoms with Crippen molar-refractivity contribution in [1.82, 2.24) is 0 Å². The molecule has 0 unspecified atom stereocenters. The first-order valence-electron chi connectivity index (χ1n) is 6.85. The number of sulfonamides is 1.